The number of rotatable bonds is 3. The van der Waals surface area contributed by atoms with Crippen molar-refractivity contribution < 1.29 is 9.53 Å². The molecule has 0 N–H and O–H groups in total. The normalized spacial score (nSPS) is 18.1. The van der Waals surface area contributed by atoms with Gasteiger partial charge in [0.15, 0.2) is 0 Å². The molecule has 78 valence electrons. The van der Waals surface area contributed by atoms with Crippen molar-refractivity contribution in [2.45, 2.75) is 20.3 Å². The van der Waals surface area contributed by atoms with Crippen LogP contribution in [0.25, 0.3) is 0 Å². The Morgan fingerprint density at radius 1 is 1.64 bits per heavy atom. The van der Waals surface area contributed by atoms with Crippen LogP contribution >= 0.6 is 0 Å². The average Bonchev–Trinajstić information content (AvgIpc) is 2.17. The average molecular weight is 196 g/mol. The molecule has 14 heavy (non-hydrogen) atoms. The Labute approximate surface area is 84.4 Å². The number of hydrogen-bond acceptors (Lipinski definition) is 3. The molecule has 1 saturated heterocycles. The first-order valence-electron chi connectivity index (χ1n) is 4.82. The lowest BCUT2D eigenvalue weighted by Gasteiger charge is -2.28. The Hall–Kier alpha value is -1.08. The summed E-state index contributed by atoms with van der Waals surface area (Å²) in [5, 5.41) is 8.81. The van der Waals surface area contributed by atoms with E-state index in [-0.39, 0.29) is 17.9 Å². The zero-order chi connectivity index (χ0) is 10.6. The molecule has 1 amide bonds. The molecule has 0 saturated carbocycles. The summed E-state index contributed by atoms with van der Waals surface area (Å²) in [4.78, 5) is 13.1. The third-order valence-electron chi connectivity index (χ3n) is 2.39. The molecule has 0 aromatic rings. The molecule has 4 nitrogen and oxygen atoms in total. The van der Waals surface area contributed by atoms with E-state index in [1.165, 1.54) is 0 Å². The number of nitriles is 1. The second-order valence-corrected chi connectivity index (χ2v) is 4.18. The van der Waals surface area contributed by atoms with Crippen LogP contribution in [-0.2, 0) is 9.53 Å². The van der Waals surface area contributed by atoms with Gasteiger partial charge in [-0.25, -0.2) is 0 Å². The molecule has 4 heteroatoms. The first kappa shape index (κ1) is 11.0. The monoisotopic (exact) mass is 196 g/mol. The van der Waals surface area contributed by atoms with E-state index in [2.05, 4.69) is 6.07 Å². The van der Waals surface area contributed by atoms with Crippen LogP contribution in [0.2, 0.25) is 0 Å². The van der Waals surface area contributed by atoms with Crippen LogP contribution in [0.15, 0.2) is 0 Å². The second-order valence-electron chi connectivity index (χ2n) is 4.18. The van der Waals surface area contributed by atoms with Gasteiger partial charge in [0, 0.05) is 13.1 Å². The van der Waals surface area contributed by atoms with Crippen LogP contribution in [0.1, 0.15) is 20.3 Å². The van der Waals surface area contributed by atoms with Gasteiger partial charge < -0.3 is 9.64 Å². The van der Waals surface area contributed by atoms with Gasteiger partial charge in [-0.2, -0.15) is 5.26 Å². The van der Waals surface area contributed by atoms with Crippen molar-refractivity contribution in [3.63, 3.8) is 0 Å². The zero-order valence-corrected chi connectivity index (χ0v) is 8.75. The molecule has 1 fully saturated rings. The third-order valence-corrected chi connectivity index (χ3v) is 2.39. The van der Waals surface area contributed by atoms with E-state index in [1.807, 2.05) is 13.8 Å². The fourth-order valence-electron chi connectivity index (χ4n) is 1.26. The fourth-order valence-corrected chi connectivity index (χ4v) is 1.26. The number of nitrogens with zero attached hydrogens (tertiary/aromatic N) is 2. The minimum atomic E-state index is -0.349. The van der Waals surface area contributed by atoms with Gasteiger partial charge in [-0.05, 0) is 20.3 Å². The summed E-state index contributed by atoms with van der Waals surface area (Å²) >= 11 is 0. The molecule has 0 spiro atoms. The topological polar surface area (TPSA) is 53.3 Å². The minimum Gasteiger partial charge on any atom is -0.370 e. The van der Waals surface area contributed by atoms with E-state index in [4.69, 9.17) is 10.00 Å². The molecule has 0 bridgehead atoms. The standard InChI is InChI=1S/C10H16N2O2/c1-10(2,8-11)3-4-12-5-6-14-7-9(12)13/h3-7H2,1-2H3. The van der Waals surface area contributed by atoms with Crippen LogP contribution in [0.3, 0.4) is 0 Å². The molecule has 0 aromatic heterocycles. The van der Waals surface area contributed by atoms with Gasteiger partial charge in [0.1, 0.15) is 6.61 Å². The van der Waals surface area contributed by atoms with Gasteiger partial charge in [0.2, 0.25) is 5.91 Å². The number of hydrogen-bond donors (Lipinski definition) is 0. The van der Waals surface area contributed by atoms with Crippen molar-refractivity contribution in [2.75, 3.05) is 26.3 Å². The van der Waals surface area contributed by atoms with E-state index >= 15 is 0 Å². The van der Waals surface area contributed by atoms with E-state index < -0.39 is 0 Å². The number of amides is 1. The Balaban J connectivity index is 2.37. The van der Waals surface area contributed by atoms with Gasteiger partial charge in [-0.15, -0.1) is 0 Å². The van der Waals surface area contributed by atoms with Crippen LogP contribution in [0.4, 0.5) is 0 Å². The Kier molecular flexibility index (Phi) is 3.48. The zero-order valence-electron chi connectivity index (χ0n) is 8.75. The second kappa shape index (κ2) is 4.43. The highest BCUT2D eigenvalue weighted by atomic mass is 16.5. The van der Waals surface area contributed by atoms with Crippen molar-refractivity contribution in [1.82, 2.24) is 4.90 Å². The Morgan fingerprint density at radius 3 is 2.93 bits per heavy atom. The minimum absolute atomic E-state index is 0.0324. The van der Waals surface area contributed by atoms with Gasteiger partial charge in [0.25, 0.3) is 0 Å². The molecule has 0 atom stereocenters. The number of carbonyl (C=O) groups is 1. The molecule has 0 radical (unpaired) electrons. The maximum atomic E-state index is 11.3. The Bertz CT molecular complexity index is 255. The van der Waals surface area contributed by atoms with E-state index in [9.17, 15) is 4.79 Å². The highest BCUT2D eigenvalue weighted by Gasteiger charge is 2.22. The summed E-state index contributed by atoms with van der Waals surface area (Å²) in [5.41, 5.74) is -0.349. The number of carbonyl (C=O) groups excluding carboxylic acids is 1. The summed E-state index contributed by atoms with van der Waals surface area (Å²) in [6, 6.07) is 2.23. The maximum Gasteiger partial charge on any atom is 0.248 e. The smallest absolute Gasteiger partial charge is 0.248 e. The third kappa shape index (κ3) is 3.00. The first-order chi connectivity index (χ1) is 6.55. The van der Waals surface area contributed by atoms with Crippen molar-refractivity contribution in [3.05, 3.63) is 0 Å². The fraction of sp³-hybridized carbons (Fsp3) is 0.800. The molecule has 0 aliphatic carbocycles. The van der Waals surface area contributed by atoms with E-state index in [0.717, 1.165) is 6.42 Å². The summed E-state index contributed by atoms with van der Waals surface area (Å²) < 4.78 is 5.01. The van der Waals surface area contributed by atoms with Gasteiger partial charge >= 0.3 is 0 Å². The van der Waals surface area contributed by atoms with E-state index in [1.54, 1.807) is 4.90 Å². The lowest BCUT2D eigenvalue weighted by atomic mass is 9.91. The van der Waals surface area contributed by atoms with Crippen molar-refractivity contribution in [1.29, 1.82) is 5.26 Å². The van der Waals surface area contributed by atoms with Crippen molar-refractivity contribution in [3.8, 4) is 6.07 Å². The van der Waals surface area contributed by atoms with Crippen LogP contribution in [0, 0.1) is 16.7 Å². The van der Waals surface area contributed by atoms with Crippen molar-refractivity contribution in [2.24, 2.45) is 5.41 Å². The molecule has 0 unspecified atom stereocenters. The van der Waals surface area contributed by atoms with Gasteiger partial charge in [0.05, 0.1) is 18.1 Å². The van der Waals surface area contributed by atoms with Gasteiger partial charge in [-0.3, -0.25) is 4.79 Å². The molecule has 1 aliphatic rings. The summed E-state index contributed by atoms with van der Waals surface area (Å²) in [7, 11) is 0. The molecular weight excluding hydrogens is 180 g/mol. The SMILES string of the molecule is CC(C)(C#N)CCN1CCOCC1=O. The highest BCUT2D eigenvalue weighted by molar-refractivity contribution is 5.77. The molecule has 1 heterocycles. The highest BCUT2D eigenvalue weighted by Crippen LogP contribution is 2.19. The molecule has 0 aromatic carbocycles. The van der Waals surface area contributed by atoms with Gasteiger partial charge in [-0.1, -0.05) is 0 Å². The molecular formula is C10H16N2O2. The molecule has 1 aliphatic heterocycles. The quantitative estimate of drug-likeness (QED) is 0.670. The first-order valence-corrected chi connectivity index (χ1v) is 4.82. The van der Waals surface area contributed by atoms with Crippen LogP contribution in [0.5, 0.6) is 0 Å². The predicted octanol–water partition coefficient (Wildman–Crippen LogP) is 0.785. The number of ether oxygens (including phenoxy) is 1. The Morgan fingerprint density at radius 2 is 2.36 bits per heavy atom. The predicted molar refractivity (Wildman–Crippen MR) is 51.4 cm³/mol. The lowest BCUT2D eigenvalue weighted by molar-refractivity contribution is -0.142. The summed E-state index contributed by atoms with van der Waals surface area (Å²) in [5.74, 6) is 0.0324. The van der Waals surface area contributed by atoms with E-state index in [0.29, 0.717) is 19.7 Å². The summed E-state index contributed by atoms with van der Waals surface area (Å²) in [6.07, 6.45) is 0.718. The lowest BCUT2D eigenvalue weighted by Crippen LogP contribution is -2.42. The number of morpholine rings is 1. The maximum absolute atomic E-state index is 11.3. The van der Waals surface area contributed by atoms with Crippen molar-refractivity contribution >= 4 is 5.91 Å². The molecule has 1 rings (SSSR count). The largest absolute Gasteiger partial charge is 0.370 e. The van der Waals surface area contributed by atoms with Crippen LogP contribution < -0.4 is 0 Å². The summed E-state index contributed by atoms with van der Waals surface area (Å²) in [6.45, 7) is 5.88. The van der Waals surface area contributed by atoms with Crippen LogP contribution in [-0.4, -0.2) is 37.1 Å².